The molecule has 1 amide bonds. The lowest BCUT2D eigenvalue weighted by Crippen LogP contribution is -2.54. The molecule has 0 saturated carbocycles. The number of ether oxygens (including phenoxy) is 2. The Morgan fingerprint density at radius 3 is 2.08 bits per heavy atom. The number of carbonyl (C=O) groups excluding carboxylic acids is 2. The monoisotopic (exact) mass is 353 g/mol. The summed E-state index contributed by atoms with van der Waals surface area (Å²) in [4.78, 5) is 26.0. The fourth-order valence-electron chi connectivity index (χ4n) is 2.67. The average molecular weight is 353 g/mol. The molecule has 136 valence electrons. The largest absolute Gasteiger partial charge is 0.457 e. The van der Waals surface area contributed by atoms with Crippen LogP contribution in [0.3, 0.4) is 0 Å². The number of Topliss-reactive ketones (excluding diaryl/α,β-unsaturated/α-hetero) is 1. The normalized spacial score (nSPS) is 14.5. The minimum atomic E-state index is -0.527. The van der Waals surface area contributed by atoms with Gasteiger partial charge >= 0.3 is 6.09 Å². The summed E-state index contributed by atoms with van der Waals surface area (Å²) in [5.41, 5.74) is 0.0973. The molecule has 2 aromatic rings. The number of carbonyl (C=O) groups is 2. The number of para-hydroxylation sites is 1. The van der Waals surface area contributed by atoms with Crippen LogP contribution in [-0.4, -0.2) is 35.5 Å². The Labute approximate surface area is 153 Å². The second kappa shape index (κ2) is 7.20. The van der Waals surface area contributed by atoms with E-state index in [4.69, 9.17) is 9.47 Å². The highest BCUT2D eigenvalue weighted by atomic mass is 16.6. The van der Waals surface area contributed by atoms with E-state index in [1.165, 1.54) is 0 Å². The molecule has 0 atom stereocenters. The van der Waals surface area contributed by atoms with E-state index >= 15 is 0 Å². The molecule has 1 aliphatic rings. The molecule has 1 aliphatic heterocycles. The Balaban J connectivity index is 1.54. The van der Waals surface area contributed by atoms with Gasteiger partial charge in [-0.1, -0.05) is 18.2 Å². The highest BCUT2D eigenvalue weighted by molar-refractivity contribution is 5.99. The first kappa shape index (κ1) is 18.0. The Kier molecular flexibility index (Phi) is 4.98. The molecule has 1 saturated heterocycles. The van der Waals surface area contributed by atoms with Crippen LogP contribution >= 0.6 is 0 Å². The number of ketones is 1. The van der Waals surface area contributed by atoms with Crippen LogP contribution in [0.25, 0.3) is 0 Å². The Hall–Kier alpha value is -2.82. The van der Waals surface area contributed by atoms with E-state index in [9.17, 15) is 9.59 Å². The van der Waals surface area contributed by atoms with E-state index in [-0.39, 0.29) is 17.8 Å². The Bertz CT molecular complexity index is 772. The highest BCUT2D eigenvalue weighted by Crippen LogP contribution is 2.25. The van der Waals surface area contributed by atoms with Gasteiger partial charge in [-0.2, -0.15) is 0 Å². The molecular weight excluding hydrogens is 330 g/mol. The van der Waals surface area contributed by atoms with Crippen LogP contribution in [0, 0.1) is 5.92 Å². The molecule has 0 spiro atoms. The molecule has 5 nitrogen and oxygen atoms in total. The van der Waals surface area contributed by atoms with E-state index in [1.54, 1.807) is 29.2 Å². The van der Waals surface area contributed by atoms with Gasteiger partial charge in [-0.15, -0.1) is 0 Å². The second-order valence-electron chi connectivity index (χ2n) is 7.39. The van der Waals surface area contributed by atoms with Crippen molar-refractivity contribution in [2.75, 3.05) is 13.1 Å². The van der Waals surface area contributed by atoms with Crippen LogP contribution in [-0.2, 0) is 4.74 Å². The van der Waals surface area contributed by atoms with Gasteiger partial charge in [0.25, 0.3) is 0 Å². The van der Waals surface area contributed by atoms with Crippen molar-refractivity contribution in [1.29, 1.82) is 0 Å². The molecule has 0 unspecified atom stereocenters. The standard InChI is InChI=1S/C21H23NO4/c1-21(2,3)26-20(24)22-13-16(14-22)19(23)15-9-11-18(12-10-15)25-17-7-5-4-6-8-17/h4-12,16H,13-14H2,1-3H3. The zero-order valence-corrected chi connectivity index (χ0v) is 15.3. The zero-order valence-electron chi connectivity index (χ0n) is 15.3. The van der Waals surface area contributed by atoms with Gasteiger partial charge in [0.05, 0.1) is 5.92 Å². The minimum Gasteiger partial charge on any atom is -0.457 e. The van der Waals surface area contributed by atoms with Crippen molar-refractivity contribution in [1.82, 2.24) is 4.90 Å². The van der Waals surface area contributed by atoms with Crippen LogP contribution in [0.5, 0.6) is 11.5 Å². The summed E-state index contributed by atoms with van der Waals surface area (Å²) in [5, 5.41) is 0. The number of nitrogens with zero attached hydrogens (tertiary/aromatic N) is 1. The summed E-state index contributed by atoms with van der Waals surface area (Å²) in [6.07, 6.45) is -0.367. The van der Waals surface area contributed by atoms with Crippen molar-refractivity contribution < 1.29 is 19.1 Å². The fourth-order valence-corrected chi connectivity index (χ4v) is 2.67. The van der Waals surface area contributed by atoms with Crippen LogP contribution in [0.2, 0.25) is 0 Å². The number of rotatable bonds is 4. The molecule has 0 aliphatic carbocycles. The van der Waals surface area contributed by atoms with Gasteiger partial charge < -0.3 is 14.4 Å². The number of hydrogen-bond donors (Lipinski definition) is 0. The maximum Gasteiger partial charge on any atom is 0.410 e. The van der Waals surface area contributed by atoms with Crippen molar-refractivity contribution in [2.45, 2.75) is 26.4 Å². The van der Waals surface area contributed by atoms with Crippen LogP contribution in [0.15, 0.2) is 54.6 Å². The molecule has 5 heteroatoms. The van der Waals surface area contributed by atoms with Crippen molar-refractivity contribution in [3.05, 3.63) is 60.2 Å². The molecule has 26 heavy (non-hydrogen) atoms. The molecular formula is C21H23NO4. The maximum atomic E-state index is 12.5. The van der Waals surface area contributed by atoms with Crippen molar-refractivity contribution in [3.8, 4) is 11.5 Å². The van der Waals surface area contributed by atoms with E-state index in [1.807, 2.05) is 51.1 Å². The van der Waals surface area contributed by atoms with Crippen LogP contribution in [0.4, 0.5) is 4.79 Å². The smallest absolute Gasteiger partial charge is 0.410 e. The average Bonchev–Trinajstić information content (AvgIpc) is 2.53. The molecule has 0 radical (unpaired) electrons. The predicted molar refractivity (Wildman–Crippen MR) is 98.6 cm³/mol. The Morgan fingerprint density at radius 1 is 0.923 bits per heavy atom. The van der Waals surface area contributed by atoms with Crippen molar-refractivity contribution in [3.63, 3.8) is 0 Å². The molecule has 3 rings (SSSR count). The summed E-state index contributed by atoms with van der Waals surface area (Å²) in [6.45, 7) is 6.28. The summed E-state index contributed by atoms with van der Waals surface area (Å²) < 4.78 is 11.0. The first-order chi connectivity index (χ1) is 12.3. The van der Waals surface area contributed by atoms with Gasteiger partial charge in [0.2, 0.25) is 0 Å². The van der Waals surface area contributed by atoms with Crippen LogP contribution in [0.1, 0.15) is 31.1 Å². The summed E-state index contributed by atoms with van der Waals surface area (Å²) in [6, 6.07) is 16.6. The minimum absolute atomic E-state index is 0.0380. The first-order valence-corrected chi connectivity index (χ1v) is 8.67. The molecule has 2 aromatic carbocycles. The lowest BCUT2D eigenvalue weighted by Gasteiger charge is -2.38. The quantitative estimate of drug-likeness (QED) is 0.758. The lowest BCUT2D eigenvalue weighted by atomic mass is 9.91. The Morgan fingerprint density at radius 2 is 1.50 bits per heavy atom. The van der Waals surface area contributed by atoms with Gasteiger partial charge in [-0.3, -0.25) is 4.79 Å². The van der Waals surface area contributed by atoms with E-state index in [0.29, 0.717) is 24.4 Å². The van der Waals surface area contributed by atoms with Crippen molar-refractivity contribution in [2.24, 2.45) is 5.92 Å². The summed E-state index contributed by atoms with van der Waals surface area (Å²) in [5.74, 6) is 1.29. The van der Waals surface area contributed by atoms with Gasteiger partial charge in [0, 0.05) is 18.7 Å². The molecule has 0 N–H and O–H groups in total. The van der Waals surface area contributed by atoms with Gasteiger partial charge in [-0.05, 0) is 57.2 Å². The van der Waals surface area contributed by atoms with E-state index < -0.39 is 5.60 Å². The molecule has 1 heterocycles. The summed E-state index contributed by atoms with van der Waals surface area (Å²) >= 11 is 0. The SMILES string of the molecule is CC(C)(C)OC(=O)N1CC(C(=O)c2ccc(Oc3ccccc3)cc2)C1. The second-order valence-corrected chi connectivity index (χ2v) is 7.39. The van der Waals surface area contributed by atoms with Gasteiger partial charge in [0.1, 0.15) is 17.1 Å². The summed E-state index contributed by atoms with van der Waals surface area (Å²) in [7, 11) is 0. The third kappa shape index (κ3) is 4.42. The first-order valence-electron chi connectivity index (χ1n) is 8.67. The topological polar surface area (TPSA) is 55.8 Å². The highest BCUT2D eigenvalue weighted by Gasteiger charge is 2.38. The van der Waals surface area contributed by atoms with Crippen molar-refractivity contribution >= 4 is 11.9 Å². The van der Waals surface area contributed by atoms with Gasteiger partial charge in [-0.25, -0.2) is 4.79 Å². The number of likely N-dealkylation sites (tertiary alicyclic amines) is 1. The fraction of sp³-hybridized carbons (Fsp3) is 0.333. The number of benzene rings is 2. The van der Waals surface area contributed by atoms with E-state index in [2.05, 4.69) is 0 Å². The number of hydrogen-bond acceptors (Lipinski definition) is 4. The molecule has 0 aromatic heterocycles. The van der Waals surface area contributed by atoms with E-state index in [0.717, 1.165) is 5.75 Å². The molecule has 1 fully saturated rings. The lowest BCUT2D eigenvalue weighted by molar-refractivity contribution is 0.00149. The number of amides is 1. The zero-order chi connectivity index (χ0) is 18.7. The maximum absolute atomic E-state index is 12.5. The third-order valence-corrected chi connectivity index (χ3v) is 4.02. The third-order valence-electron chi connectivity index (χ3n) is 4.02. The van der Waals surface area contributed by atoms with Crippen LogP contribution < -0.4 is 4.74 Å². The van der Waals surface area contributed by atoms with Gasteiger partial charge in [0.15, 0.2) is 5.78 Å². The predicted octanol–water partition coefficient (Wildman–Crippen LogP) is 4.53. The molecule has 0 bridgehead atoms.